The first-order valence-electron chi connectivity index (χ1n) is 6.84. The molecule has 0 spiro atoms. The molecular formula is C15H24N2O2. The van der Waals surface area contributed by atoms with Gasteiger partial charge in [0.25, 0.3) is 0 Å². The van der Waals surface area contributed by atoms with Gasteiger partial charge in [0.05, 0.1) is 12.6 Å². The molecule has 0 unspecified atom stereocenters. The quantitative estimate of drug-likeness (QED) is 0.823. The van der Waals surface area contributed by atoms with Crippen LogP contribution < -0.4 is 10.1 Å². The number of likely N-dealkylation sites (N-methyl/N-ethyl adjacent to an activating group) is 1. The predicted octanol–water partition coefficient (Wildman–Crippen LogP) is 2.75. The number of benzene rings is 1. The van der Waals surface area contributed by atoms with Gasteiger partial charge in [0.1, 0.15) is 5.75 Å². The van der Waals surface area contributed by atoms with Gasteiger partial charge < -0.3 is 10.1 Å². The van der Waals surface area contributed by atoms with E-state index < -0.39 is 0 Å². The molecule has 1 N–H and O–H groups in total. The van der Waals surface area contributed by atoms with Crippen LogP contribution in [0.15, 0.2) is 24.3 Å². The molecule has 4 heteroatoms. The highest BCUT2D eigenvalue weighted by Gasteiger charge is 2.08. The largest absolute Gasteiger partial charge is 0.491 e. The summed E-state index contributed by atoms with van der Waals surface area (Å²) in [5.74, 6) is 0.779. The van der Waals surface area contributed by atoms with Gasteiger partial charge >= 0.3 is 0 Å². The number of hydrogen-bond acceptors (Lipinski definition) is 3. The fraction of sp³-hybridized carbons (Fsp3) is 0.533. The Balaban J connectivity index is 2.59. The first-order valence-corrected chi connectivity index (χ1v) is 6.84. The monoisotopic (exact) mass is 264 g/mol. The molecule has 1 amide bonds. The topological polar surface area (TPSA) is 41.6 Å². The molecule has 0 bridgehead atoms. The van der Waals surface area contributed by atoms with E-state index in [2.05, 4.69) is 10.2 Å². The Morgan fingerprint density at radius 1 is 1.32 bits per heavy atom. The van der Waals surface area contributed by atoms with Crippen molar-refractivity contribution in [2.24, 2.45) is 0 Å². The van der Waals surface area contributed by atoms with Gasteiger partial charge in [-0.2, -0.15) is 0 Å². The Morgan fingerprint density at radius 3 is 2.58 bits per heavy atom. The third kappa shape index (κ3) is 5.75. The summed E-state index contributed by atoms with van der Waals surface area (Å²) in [4.78, 5) is 14.0. The van der Waals surface area contributed by atoms with Gasteiger partial charge in [0.2, 0.25) is 5.91 Å². The minimum atomic E-state index is 0.00500. The number of carbonyl (C=O) groups is 1. The molecule has 106 valence electrons. The van der Waals surface area contributed by atoms with Gasteiger partial charge in [-0.25, -0.2) is 0 Å². The molecule has 1 rings (SSSR count). The second kappa shape index (κ2) is 7.79. The van der Waals surface area contributed by atoms with Crippen molar-refractivity contribution in [2.75, 3.05) is 25.0 Å². The van der Waals surface area contributed by atoms with E-state index in [1.807, 2.05) is 52.0 Å². The number of rotatable bonds is 7. The van der Waals surface area contributed by atoms with Gasteiger partial charge in [-0.3, -0.25) is 9.69 Å². The lowest BCUT2D eigenvalue weighted by Crippen LogP contribution is -2.32. The van der Waals surface area contributed by atoms with Crippen LogP contribution in [-0.2, 0) is 4.79 Å². The molecule has 0 saturated heterocycles. The summed E-state index contributed by atoms with van der Waals surface area (Å²) < 4.78 is 5.60. The van der Waals surface area contributed by atoms with E-state index in [9.17, 15) is 4.79 Å². The highest BCUT2D eigenvalue weighted by atomic mass is 16.5. The molecule has 1 aromatic rings. The average molecular weight is 264 g/mol. The molecule has 0 saturated carbocycles. The van der Waals surface area contributed by atoms with Crippen molar-refractivity contribution in [1.82, 2.24) is 4.90 Å². The maximum absolute atomic E-state index is 11.9. The fourth-order valence-corrected chi connectivity index (χ4v) is 1.77. The zero-order chi connectivity index (χ0) is 14.3. The number of ether oxygens (including phenoxy) is 1. The summed E-state index contributed by atoms with van der Waals surface area (Å²) in [6.07, 6.45) is 0.127. The van der Waals surface area contributed by atoms with Crippen molar-refractivity contribution in [2.45, 2.75) is 33.8 Å². The standard InChI is InChI=1S/C15H24N2O2/c1-5-17(6-2)11-15(18)16-13-8-7-9-14(10-13)19-12(3)4/h7-10,12H,5-6,11H2,1-4H3,(H,16,18). The molecule has 0 aliphatic rings. The molecule has 0 atom stereocenters. The summed E-state index contributed by atoms with van der Waals surface area (Å²) in [7, 11) is 0. The number of anilines is 1. The Hall–Kier alpha value is -1.55. The number of nitrogens with one attached hydrogen (secondary N) is 1. The Labute approximate surface area is 115 Å². The maximum atomic E-state index is 11.9. The SMILES string of the molecule is CCN(CC)CC(=O)Nc1cccc(OC(C)C)c1. The van der Waals surface area contributed by atoms with Crippen LogP contribution in [0.1, 0.15) is 27.7 Å². The van der Waals surface area contributed by atoms with Crippen molar-refractivity contribution in [3.05, 3.63) is 24.3 Å². The summed E-state index contributed by atoms with van der Waals surface area (Å²) >= 11 is 0. The molecule has 0 fully saturated rings. The first kappa shape index (κ1) is 15.5. The minimum Gasteiger partial charge on any atom is -0.491 e. The van der Waals surface area contributed by atoms with E-state index in [1.54, 1.807) is 0 Å². The van der Waals surface area contributed by atoms with Gasteiger partial charge in [-0.05, 0) is 39.1 Å². The van der Waals surface area contributed by atoms with Crippen LogP contribution in [-0.4, -0.2) is 36.5 Å². The zero-order valence-corrected chi connectivity index (χ0v) is 12.3. The maximum Gasteiger partial charge on any atom is 0.238 e. The van der Waals surface area contributed by atoms with Crippen LogP contribution in [0, 0.1) is 0 Å². The van der Waals surface area contributed by atoms with Crippen molar-refractivity contribution in [3.63, 3.8) is 0 Å². The Bertz CT molecular complexity index is 401. The normalized spacial score (nSPS) is 10.8. The number of amides is 1. The number of nitrogens with zero attached hydrogens (tertiary/aromatic N) is 1. The summed E-state index contributed by atoms with van der Waals surface area (Å²) in [5.41, 5.74) is 0.773. The van der Waals surface area contributed by atoms with Crippen LogP contribution in [0.3, 0.4) is 0 Å². The van der Waals surface area contributed by atoms with Gasteiger partial charge in [-0.1, -0.05) is 19.9 Å². The second-order valence-electron chi connectivity index (χ2n) is 4.70. The third-order valence-corrected chi connectivity index (χ3v) is 2.75. The molecule has 4 nitrogen and oxygen atoms in total. The van der Waals surface area contributed by atoms with Gasteiger partial charge in [0, 0.05) is 11.8 Å². The van der Waals surface area contributed by atoms with Crippen molar-refractivity contribution in [1.29, 1.82) is 0 Å². The van der Waals surface area contributed by atoms with E-state index in [-0.39, 0.29) is 12.0 Å². The third-order valence-electron chi connectivity index (χ3n) is 2.75. The van der Waals surface area contributed by atoms with E-state index in [0.29, 0.717) is 6.54 Å². The first-order chi connectivity index (χ1) is 9.05. The summed E-state index contributed by atoms with van der Waals surface area (Å²) in [6.45, 7) is 10.2. The molecule has 0 aliphatic heterocycles. The van der Waals surface area contributed by atoms with Crippen LogP contribution in [0.4, 0.5) is 5.69 Å². The molecule has 0 heterocycles. The van der Waals surface area contributed by atoms with Crippen LogP contribution in [0.5, 0.6) is 5.75 Å². The number of carbonyl (C=O) groups excluding carboxylic acids is 1. The Kier molecular flexibility index (Phi) is 6.36. The zero-order valence-electron chi connectivity index (χ0n) is 12.3. The summed E-state index contributed by atoms with van der Waals surface area (Å²) in [6, 6.07) is 7.48. The molecular weight excluding hydrogens is 240 g/mol. The second-order valence-corrected chi connectivity index (χ2v) is 4.70. The fourth-order valence-electron chi connectivity index (χ4n) is 1.77. The molecule has 0 aromatic heterocycles. The van der Waals surface area contributed by atoms with E-state index in [0.717, 1.165) is 24.5 Å². The highest BCUT2D eigenvalue weighted by molar-refractivity contribution is 5.92. The summed E-state index contributed by atoms with van der Waals surface area (Å²) in [5, 5.41) is 2.89. The molecule has 19 heavy (non-hydrogen) atoms. The van der Waals surface area contributed by atoms with Crippen molar-refractivity contribution < 1.29 is 9.53 Å². The lowest BCUT2D eigenvalue weighted by atomic mass is 10.3. The van der Waals surface area contributed by atoms with E-state index in [1.165, 1.54) is 0 Å². The molecule has 0 aliphatic carbocycles. The molecule has 1 aromatic carbocycles. The van der Waals surface area contributed by atoms with Gasteiger partial charge in [0.15, 0.2) is 0 Å². The predicted molar refractivity (Wildman–Crippen MR) is 78.6 cm³/mol. The number of hydrogen-bond donors (Lipinski definition) is 1. The smallest absolute Gasteiger partial charge is 0.238 e. The van der Waals surface area contributed by atoms with Crippen molar-refractivity contribution >= 4 is 11.6 Å². The Morgan fingerprint density at radius 2 is 2.00 bits per heavy atom. The van der Waals surface area contributed by atoms with Crippen molar-refractivity contribution in [3.8, 4) is 5.75 Å². The minimum absolute atomic E-state index is 0.00500. The average Bonchev–Trinajstić information content (AvgIpc) is 2.35. The molecule has 0 radical (unpaired) electrons. The van der Waals surface area contributed by atoms with Gasteiger partial charge in [-0.15, -0.1) is 0 Å². The lowest BCUT2D eigenvalue weighted by Gasteiger charge is -2.17. The van der Waals surface area contributed by atoms with E-state index >= 15 is 0 Å². The van der Waals surface area contributed by atoms with Crippen LogP contribution in [0.2, 0.25) is 0 Å². The van der Waals surface area contributed by atoms with Crippen LogP contribution in [0.25, 0.3) is 0 Å². The highest BCUT2D eigenvalue weighted by Crippen LogP contribution is 2.18. The lowest BCUT2D eigenvalue weighted by molar-refractivity contribution is -0.117. The van der Waals surface area contributed by atoms with E-state index in [4.69, 9.17) is 4.74 Å². The van der Waals surface area contributed by atoms with Crippen LogP contribution >= 0.6 is 0 Å².